The molecule has 0 heterocycles. The van der Waals surface area contributed by atoms with Gasteiger partial charge in [-0.2, -0.15) is 0 Å². The first-order chi connectivity index (χ1) is 17.7. The van der Waals surface area contributed by atoms with Crippen LogP contribution in [0, 0.1) is 10.1 Å². The molecule has 0 saturated carbocycles. The Labute approximate surface area is 219 Å². The van der Waals surface area contributed by atoms with Crippen molar-refractivity contribution >= 4 is 21.4 Å². The van der Waals surface area contributed by atoms with Crippen LogP contribution in [0.4, 0.5) is 11.4 Å². The van der Waals surface area contributed by atoms with Crippen molar-refractivity contribution in [2.45, 2.75) is 17.4 Å². The second-order valence-corrected chi connectivity index (χ2v) is 11.0. The van der Waals surface area contributed by atoms with Gasteiger partial charge in [-0.3, -0.25) is 10.1 Å². The lowest BCUT2D eigenvalue weighted by Gasteiger charge is -2.21. The summed E-state index contributed by atoms with van der Waals surface area (Å²) >= 11 is 0. The van der Waals surface area contributed by atoms with E-state index < -0.39 is 14.9 Å². The Hall–Kier alpha value is -3.31. The molecule has 0 radical (unpaired) electrons. The number of hydrogen-bond donors (Lipinski definition) is 2. The van der Waals surface area contributed by atoms with Crippen LogP contribution in [0.15, 0.2) is 83.8 Å². The predicted molar refractivity (Wildman–Crippen MR) is 147 cm³/mol. The van der Waals surface area contributed by atoms with Gasteiger partial charge in [-0.05, 0) is 63.9 Å². The van der Waals surface area contributed by atoms with E-state index in [1.165, 1.54) is 12.1 Å². The zero-order valence-electron chi connectivity index (χ0n) is 21.5. The summed E-state index contributed by atoms with van der Waals surface area (Å²) in [6, 6.07) is 22.8. The highest BCUT2D eigenvalue weighted by molar-refractivity contribution is 7.89. The third kappa shape index (κ3) is 8.36. The van der Waals surface area contributed by atoms with Gasteiger partial charge >= 0.3 is 0 Å². The molecular formula is C27H35N5O4S. The second-order valence-electron chi connectivity index (χ2n) is 9.19. The van der Waals surface area contributed by atoms with Crippen molar-refractivity contribution in [1.29, 1.82) is 0 Å². The summed E-state index contributed by atoms with van der Waals surface area (Å²) in [4.78, 5) is 15.4. The highest BCUT2D eigenvalue weighted by atomic mass is 32.2. The van der Waals surface area contributed by atoms with Gasteiger partial charge in [0.05, 0.1) is 15.9 Å². The average Bonchev–Trinajstić information content (AvgIpc) is 2.88. The van der Waals surface area contributed by atoms with Crippen LogP contribution in [0.1, 0.15) is 23.6 Å². The van der Waals surface area contributed by atoms with Gasteiger partial charge in [0, 0.05) is 19.2 Å². The summed E-state index contributed by atoms with van der Waals surface area (Å²) in [6.07, 6.45) is 0.976. The molecule has 3 aromatic rings. The number of hydrogen-bond acceptors (Lipinski definition) is 7. The SMILES string of the molecule is CN(C)CCCN(C)CCNS(=O)(=O)c1ccc(NC(c2ccccc2)c2ccccc2)c([N+](=O)[O-])c1. The Morgan fingerprint density at radius 1 is 0.865 bits per heavy atom. The fourth-order valence-electron chi connectivity index (χ4n) is 3.98. The Balaban J connectivity index is 1.77. The molecule has 0 aliphatic rings. The minimum atomic E-state index is -3.91. The average molecular weight is 526 g/mol. The van der Waals surface area contributed by atoms with Gasteiger partial charge in [-0.1, -0.05) is 60.7 Å². The van der Waals surface area contributed by atoms with Gasteiger partial charge in [-0.25, -0.2) is 13.1 Å². The van der Waals surface area contributed by atoms with Crippen LogP contribution in [0.25, 0.3) is 0 Å². The second kappa shape index (κ2) is 13.3. The summed E-state index contributed by atoms with van der Waals surface area (Å²) in [5.41, 5.74) is 1.79. The topological polar surface area (TPSA) is 108 Å². The van der Waals surface area contributed by atoms with E-state index in [0.29, 0.717) is 6.54 Å². The van der Waals surface area contributed by atoms with Crippen molar-refractivity contribution in [3.8, 4) is 0 Å². The molecule has 0 aliphatic carbocycles. The number of rotatable bonds is 14. The third-order valence-electron chi connectivity index (χ3n) is 5.97. The highest BCUT2D eigenvalue weighted by Crippen LogP contribution is 2.33. The summed E-state index contributed by atoms with van der Waals surface area (Å²) < 4.78 is 28.3. The summed E-state index contributed by atoms with van der Waals surface area (Å²) in [5.74, 6) is 0. The minimum absolute atomic E-state index is 0.143. The first-order valence-electron chi connectivity index (χ1n) is 12.1. The number of likely N-dealkylation sites (N-methyl/N-ethyl adjacent to an activating group) is 1. The maximum absolute atomic E-state index is 12.9. The molecule has 10 heteroatoms. The number of sulfonamides is 1. The van der Waals surface area contributed by atoms with Crippen LogP contribution in [-0.4, -0.2) is 70.5 Å². The Morgan fingerprint density at radius 2 is 1.46 bits per heavy atom. The van der Waals surface area contributed by atoms with Crippen LogP contribution < -0.4 is 10.0 Å². The largest absolute Gasteiger partial charge is 0.369 e. The Morgan fingerprint density at radius 3 is 2.00 bits per heavy atom. The van der Waals surface area contributed by atoms with Crippen molar-refractivity contribution in [1.82, 2.24) is 14.5 Å². The van der Waals surface area contributed by atoms with E-state index >= 15 is 0 Å². The van der Waals surface area contributed by atoms with Crippen molar-refractivity contribution < 1.29 is 13.3 Å². The number of benzene rings is 3. The molecule has 3 rings (SSSR count). The van der Waals surface area contributed by atoms with Crippen LogP contribution in [-0.2, 0) is 10.0 Å². The molecule has 0 aromatic heterocycles. The Bertz CT molecular complexity index is 1210. The Kier molecular flexibility index (Phi) is 10.2. The van der Waals surface area contributed by atoms with Crippen LogP contribution in [0.2, 0.25) is 0 Å². The predicted octanol–water partition coefficient (Wildman–Crippen LogP) is 3.96. The van der Waals surface area contributed by atoms with Gasteiger partial charge in [0.25, 0.3) is 5.69 Å². The van der Waals surface area contributed by atoms with E-state index in [4.69, 9.17) is 0 Å². The molecule has 0 atom stereocenters. The van der Waals surface area contributed by atoms with Gasteiger partial charge in [0.1, 0.15) is 5.69 Å². The fourth-order valence-corrected chi connectivity index (χ4v) is 5.02. The zero-order chi connectivity index (χ0) is 26.8. The van der Waals surface area contributed by atoms with E-state index in [0.717, 1.165) is 36.7 Å². The number of nitrogens with zero attached hydrogens (tertiary/aromatic N) is 3. The molecule has 0 amide bonds. The van der Waals surface area contributed by atoms with Gasteiger partial charge in [-0.15, -0.1) is 0 Å². The van der Waals surface area contributed by atoms with E-state index in [9.17, 15) is 18.5 Å². The zero-order valence-corrected chi connectivity index (χ0v) is 22.3. The molecule has 9 nitrogen and oxygen atoms in total. The molecule has 2 N–H and O–H groups in total. The van der Waals surface area contributed by atoms with E-state index in [1.54, 1.807) is 0 Å². The van der Waals surface area contributed by atoms with Crippen molar-refractivity contribution in [2.24, 2.45) is 0 Å². The minimum Gasteiger partial charge on any atom is -0.369 e. The van der Waals surface area contributed by atoms with Crippen molar-refractivity contribution in [3.63, 3.8) is 0 Å². The monoisotopic (exact) mass is 525 g/mol. The lowest BCUT2D eigenvalue weighted by molar-refractivity contribution is -0.384. The van der Waals surface area contributed by atoms with E-state index in [-0.39, 0.29) is 28.9 Å². The molecule has 0 bridgehead atoms. The lowest BCUT2D eigenvalue weighted by Crippen LogP contribution is -2.34. The quantitative estimate of drug-likeness (QED) is 0.242. The fraction of sp³-hybridized carbons (Fsp3) is 0.333. The van der Waals surface area contributed by atoms with Crippen LogP contribution in [0.3, 0.4) is 0 Å². The molecule has 0 aliphatic heterocycles. The molecule has 3 aromatic carbocycles. The summed E-state index contributed by atoms with van der Waals surface area (Å²) in [7, 11) is 2.05. The van der Waals surface area contributed by atoms with Crippen molar-refractivity contribution in [2.75, 3.05) is 52.6 Å². The lowest BCUT2D eigenvalue weighted by atomic mass is 9.98. The first kappa shape index (κ1) is 28.3. The number of anilines is 1. The molecule has 37 heavy (non-hydrogen) atoms. The van der Waals surface area contributed by atoms with Gasteiger partial charge in [0.2, 0.25) is 10.0 Å². The maximum atomic E-state index is 12.9. The van der Waals surface area contributed by atoms with E-state index in [2.05, 4.69) is 19.8 Å². The molecule has 0 saturated heterocycles. The smallest absolute Gasteiger partial charge is 0.293 e. The number of nitro benzene ring substituents is 1. The van der Waals surface area contributed by atoms with Crippen LogP contribution >= 0.6 is 0 Å². The maximum Gasteiger partial charge on any atom is 0.293 e. The van der Waals surface area contributed by atoms with Gasteiger partial charge < -0.3 is 15.1 Å². The molecule has 0 fully saturated rings. The number of nitro groups is 1. The standard InChI is InChI=1S/C27H35N5O4S/c1-30(2)18-10-19-31(3)20-17-28-37(35,36)24-15-16-25(26(21-24)32(33)34)29-27(22-11-6-4-7-12-22)23-13-8-5-9-14-23/h4-9,11-16,21,27-29H,10,17-20H2,1-3H3. The first-order valence-corrected chi connectivity index (χ1v) is 13.6. The molecule has 198 valence electrons. The summed E-state index contributed by atoms with van der Waals surface area (Å²) in [5, 5.41) is 15.2. The third-order valence-corrected chi connectivity index (χ3v) is 7.43. The van der Waals surface area contributed by atoms with Gasteiger partial charge in [0.15, 0.2) is 0 Å². The normalized spacial score (nSPS) is 11.8. The van der Waals surface area contributed by atoms with Crippen LogP contribution in [0.5, 0.6) is 0 Å². The molecular weight excluding hydrogens is 490 g/mol. The summed E-state index contributed by atoms with van der Waals surface area (Å²) in [6.45, 7) is 2.54. The van der Waals surface area contributed by atoms with E-state index in [1.807, 2.05) is 81.8 Å². The highest BCUT2D eigenvalue weighted by Gasteiger charge is 2.24. The molecule has 0 spiro atoms. The molecule has 0 unspecified atom stereocenters. The van der Waals surface area contributed by atoms with Crippen molar-refractivity contribution in [3.05, 3.63) is 100 Å². The number of nitrogens with one attached hydrogen (secondary N) is 2.